The van der Waals surface area contributed by atoms with Crippen molar-refractivity contribution in [2.45, 2.75) is 52.5 Å². The third-order valence-corrected chi connectivity index (χ3v) is 4.29. The van der Waals surface area contributed by atoms with Gasteiger partial charge in [-0.05, 0) is 49.3 Å². The Bertz CT molecular complexity index is 631. The molecule has 0 bridgehead atoms. The molecule has 0 aliphatic carbocycles. The predicted molar refractivity (Wildman–Crippen MR) is 101 cm³/mol. The molecule has 1 N–H and O–H groups in total. The van der Waals surface area contributed by atoms with Crippen LogP contribution in [0.4, 0.5) is 0 Å². The van der Waals surface area contributed by atoms with E-state index >= 15 is 0 Å². The molecule has 0 aliphatic heterocycles. The fourth-order valence-corrected chi connectivity index (χ4v) is 2.95. The molecule has 1 amide bonds. The molecule has 2 atom stereocenters. The summed E-state index contributed by atoms with van der Waals surface area (Å²) in [7, 11) is 0. The van der Waals surface area contributed by atoms with Crippen molar-refractivity contribution in [1.82, 2.24) is 5.32 Å². The number of hydrogen-bond donors (Lipinski definition) is 1. The summed E-state index contributed by atoms with van der Waals surface area (Å²) in [4.78, 5) is 12.5. The highest BCUT2D eigenvalue weighted by Crippen LogP contribution is 2.18. The molecule has 2 aromatic carbocycles. The van der Waals surface area contributed by atoms with Gasteiger partial charge in [0.05, 0.1) is 5.92 Å². The fraction of sp³-hybridized carbons (Fsp3) is 0.409. The molecule has 2 rings (SSSR count). The maximum absolute atomic E-state index is 12.5. The molecular weight excluding hydrogens is 294 g/mol. The number of hydrogen-bond acceptors (Lipinski definition) is 1. The lowest BCUT2D eigenvalue weighted by Gasteiger charge is -2.18. The van der Waals surface area contributed by atoms with Crippen LogP contribution in [0, 0.1) is 5.92 Å². The van der Waals surface area contributed by atoms with Crippen molar-refractivity contribution in [2.75, 3.05) is 0 Å². The first kappa shape index (κ1) is 18.3. The van der Waals surface area contributed by atoms with E-state index in [4.69, 9.17) is 0 Å². The topological polar surface area (TPSA) is 29.1 Å². The van der Waals surface area contributed by atoms with E-state index in [0.29, 0.717) is 5.92 Å². The summed E-state index contributed by atoms with van der Waals surface area (Å²) in [5.41, 5.74) is 3.65. The molecule has 0 aliphatic rings. The number of nitrogens with one attached hydrogen (secondary N) is 1. The van der Waals surface area contributed by atoms with Crippen molar-refractivity contribution in [3.05, 3.63) is 71.3 Å². The molecule has 0 fully saturated rings. The number of amides is 1. The number of carbonyl (C=O) groups is 1. The highest BCUT2D eigenvalue weighted by molar-refractivity contribution is 5.83. The SMILES string of the molecule is CC(C)Cc1ccc([C@H](C)C(=O)N[C@H](C)Cc2ccccc2)cc1. The van der Waals surface area contributed by atoms with Crippen LogP contribution in [0.3, 0.4) is 0 Å². The first-order valence-electron chi connectivity index (χ1n) is 8.89. The van der Waals surface area contributed by atoms with Gasteiger partial charge in [-0.1, -0.05) is 68.4 Å². The van der Waals surface area contributed by atoms with Crippen molar-refractivity contribution in [3.8, 4) is 0 Å². The standard InChI is InChI=1S/C22H29NO/c1-16(2)14-20-10-12-21(13-11-20)18(4)22(24)23-17(3)15-19-8-6-5-7-9-19/h5-13,16-18H,14-15H2,1-4H3,(H,23,24)/t17-,18+/m1/s1. The maximum Gasteiger partial charge on any atom is 0.227 e. The normalized spacial score (nSPS) is 13.5. The molecule has 0 saturated heterocycles. The molecule has 0 unspecified atom stereocenters. The van der Waals surface area contributed by atoms with Crippen LogP contribution >= 0.6 is 0 Å². The molecule has 24 heavy (non-hydrogen) atoms. The minimum atomic E-state index is -0.128. The maximum atomic E-state index is 12.5. The van der Waals surface area contributed by atoms with Crippen molar-refractivity contribution in [1.29, 1.82) is 0 Å². The summed E-state index contributed by atoms with van der Waals surface area (Å²) in [5, 5.41) is 3.13. The quantitative estimate of drug-likeness (QED) is 0.783. The van der Waals surface area contributed by atoms with Crippen LogP contribution in [0.25, 0.3) is 0 Å². The fourth-order valence-electron chi connectivity index (χ4n) is 2.95. The van der Waals surface area contributed by atoms with Gasteiger partial charge in [0, 0.05) is 6.04 Å². The minimum absolute atomic E-state index is 0.0926. The Morgan fingerprint density at radius 2 is 1.42 bits per heavy atom. The van der Waals surface area contributed by atoms with E-state index in [9.17, 15) is 4.79 Å². The van der Waals surface area contributed by atoms with Crippen molar-refractivity contribution >= 4 is 5.91 Å². The van der Waals surface area contributed by atoms with Gasteiger partial charge in [-0.3, -0.25) is 4.79 Å². The van der Waals surface area contributed by atoms with Crippen LogP contribution < -0.4 is 5.32 Å². The molecule has 2 nitrogen and oxygen atoms in total. The van der Waals surface area contributed by atoms with E-state index in [1.54, 1.807) is 0 Å². The van der Waals surface area contributed by atoms with Gasteiger partial charge in [-0.25, -0.2) is 0 Å². The molecular formula is C22H29NO. The number of rotatable bonds is 7. The highest BCUT2D eigenvalue weighted by Gasteiger charge is 2.17. The molecule has 128 valence electrons. The lowest BCUT2D eigenvalue weighted by atomic mass is 9.96. The summed E-state index contributed by atoms with van der Waals surface area (Å²) < 4.78 is 0. The average Bonchev–Trinajstić information content (AvgIpc) is 2.55. The molecule has 2 aromatic rings. The van der Waals surface area contributed by atoms with Crippen molar-refractivity contribution in [3.63, 3.8) is 0 Å². The lowest BCUT2D eigenvalue weighted by Crippen LogP contribution is -2.36. The second-order valence-electron chi connectivity index (χ2n) is 7.16. The summed E-state index contributed by atoms with van der Waals surface area (Å²) in [6.45, 7) is 8.47. The van der Waals surface area contributed by atoms with Gasteiger partial charge in [-0.2, -0.15) is 0 Å². The van der Waals surface area contributed by atoms with Crippen LogP contribution in [0.1, 0.15) is 50.3 Å². The summed E-state index contributed by atoms with van der Waals surface area (Å²) in [6, 6.07) is 18.9. The number of benzene rings is 2. The third-order valence-electron chi connectivity index (χ3n) is 4.29. The highest BCUT2D eigenvalue weighted by atomic mass is 16.1. The van der Waals surface area contributed by atoms with Gasteiger partial charge in [0.2, 0.25) is 5.91 Å². The van der Waals surface area contributed by atoms with Crippen LogP contribution in [0.5, 0.6) is 0 Å². The van der Waals surface area contributed by atoms with Crippen LogP contribution in [-0.4, -0.2) is 11.9 Å². The first-order valence-corrected chi connectivity index (χ1v) is 8.89. The van der Waals surface area contributed by atoms with Gasteiger partial charge < -0.3 is 5.32 Å². The first-order chi connectivity index (χ1) is 11.5. The lowest BCUT2D eigenvalue weighted by molar-refractivity contribution is -0.122. The Balaban J connectivity index is 1.91. The summed E-state index contributed by atoms with van der Waals surface area (Å²) in [5.74, 6) is 0.613. The molecule has 0 spiro atoms. The summed E-state index contributed by atoms with van der Waals surface area (Å²) in [6.07, 6.45) is 1.93. The van der Waals surface area contributed by atoms with E-state index in [1.165, 1.54) is 11.1 Å². The van der Waals surface area contributed by atoms with Crippen LogP contribution in [-0.2, 0) is 17.6 Å². The van der Waals surface area contributed by atoms with Crippen molar-refractivity contribution < 1.29 is 4.79 Å². The Labute approximate surface area is 146 Å². The molecule has 0 heterocycles. The van der Waals surface area contributed by atoms with Gasteiger partial charge in [0.15, 0.2) is 0 Å². The zero-order valence-corrected chi connectivity index (χ0v) is 15.3. The minimum Gasteiger partial charge on any atom is -0.353 e. The molecule has 0 saturated carbocycles. The zero-order valence-electron chi connectivity index (χ0n) is 15.3. The van der Waals surface area contributed by atoms with E-state index in [-0.39, 0.29) is 17.9 Å². The molecule has 0 aromatic heterocycles. The van der Waals surface area contributed by atoms with E-state index in [1.807, 2.05) is 25.1 Å². The molecule has 2 heteroatoms. The van der Waals surface area contributed by atoms with Crippen LogP contribution in [0.2, 0.25) is 0 Å². The van der Waals surface area contributed by atoms with Gasteiger partial charge >= 0.3 is 0 Å². The second kappa shape index (κ2) is 8.68. The van der Waals surface area contributed by atoms with Gasteiger partial charge in [-0.15, -0.1) is 0 Å². The predicted octanol–water partition coefficient (Wildman–Crippen LogP) is 4.74. The van der Waals surface area contributed by atoms with E-state index in [2.05, 4.69) is 62.5 Å². The monoisotopic (exact) mass is 323 g/mol. The van der Waals surface area contributed by atoms with Gasteiger partial charge in [0.1, 0.15) is 0 Å². The van der Waals surface area contributed by atoms with Gasteiger partial charge in [0.25, 0.3) is 0 Å². The summed E-state index contributed by atoms with van der Waals surface area (Å²) >= 11 is 0. The largest absolute Gasteiger partial charge is 0.353 e. The van der Waals surface area contributed by atoms with E-state index < -0.39 is 0 Å². The third kappa shape index (κ3) is 5.52. The Morgan fingerprint density at radius 1 is 0.833 bits per heavy atom. The number of carbonyl (C=O) groups excluding carboxylic acids is 1. The second-order valence-corrected chi connectivity index (χ2v) is 7.16. The Kier molecular flexibility index (Phi) is 6.60. The Morgan fingerprint density at radius 3 is 2.00 bits per heavy atom. The molecule has 0 radical (unpaired) electrons. The average molecular weight is 323 g/mol. The Hall–Kier alpha value is -2.09. The smallest absolute Gasteiger partial charge is 0.227 e. The van der Waals surface area contributed by atoms with Crippen molar-refractivity contribution in [2.24, 2.45) is 5.92 Å². The van der Waals surface area contributed by atoms with Crippen LogP contribution in [0.15, 0.2) is 54.6 Å². The zero-order chi connectivity index (χ0) is 17.5. The van der Waals surface area contributed by atoms with E-state index in [0.717, 1.165) is 18.4 Å².